The predicted molar refractivity (Wildman–Crippen MR) is 65.9 cm³/mol. The SMILES string of the molecule is CCc1sc2c(-c3cc(C)no3)noc2c1N. The van der Waals surface area contributed by atoms with Crippen LogP contribution in [0.1, 0.15) is 17.5 Å². The van der Waals surface area contributed by atoms with E-state index in [1.807, 2.05) is 13.0 Å². The van der Waals surface area contributed by atoms with Gasteiger partial charge < -0.3 is 14.8 Å². The van der Waals surface area contributed by atoms with Gasteiger partial charge in [-0.15, -0.1) is 11.3 Å². The van der Waals surface area contributed by atoms with Crippen molar-refractivity contribution in [3.63, 3.8) is 0 Å². The van der Waals surface area contributed by atoms with E-state index >= 15 is 0 Å². The molecule has 3 aromatic heterocycles. The number of rotatable bonds is 2. The number of anilines is 1. The third-order valence-electron chi connectivity index (χ3n) is 2.60. The average Bonchev–Trinajstić information content (AvgIpc) is 2.96. The molecule has 0 aliphatic rings. The maximum absolute atomic E-state index is 5.98. The molecule has 0 aromatic carbocycles. The van der Waals surface area contributed by atoms with Crippen LogP contribution >= 0.6 is 11.3 Å². The molecule has 3 heterocycles. The van der Waals surface area contributed by atoms with Crippen LogP contribution in [-0.4, -0.2) is 10.3 Å². The first-order valence-electron chi connectivity index (χ1n) is 5.31. The van der Waals surface area contributed by atoms with Crippen molar-refractivity contribution in [3.8, 4) is 11.5 Å². The summed E-state index contributed by atoms with van der Waals surface area (Å²) in [5.74, 6) is 0.616. The molecule has 6 heteroatoms. The number of aromatic nitrogens is 2. The molecule has 0 saturated carbocycles. The largest absolute Gasteiger partial charge is 0.395 e. The van der Waals surface area contributed by atoms with Crippen molar-refractivity contribution >= 4 is 27.3 Å². The first-order valence-corrected chi connectivity index (χ1v) is 6.12. The van der Waals surface area contributed by atoms with Gasteiger partial charge in [-0.3, -0.25) is 0 Å². The Balaban J connectivity index is 2.24. The maximum atomic E-state index is 5.98. The summed E-state index contributed by atoms with van der Waals surface area (Å²) in [6.07, 6.45) is 0.884. The first kappa shape index (κ1) is 10.3. The van der Waals surface area contributed by atoms with Crippen LogP contribution in [0.4, 0.5) is 5.69 Å². The number of nitrogens with two attached hydrogens (primary N) is 1. The molecule has 0 spiro atoms. The minimum Gasteiger partial charge on any atom is -0.395 e. The number of nitrogens with zero attached hydrogens (tertiary/aromatic N) is 2. The van der Waals surface area contributed by atoms with Gasteiger partial charge in [0.1, 0.15) is 4.70 Å². The molecular weight excluding hydrogens is 238 g/mol. The molecular formula is C11H11N3O2S. The Labute approximate surface area is 101 Å². The number of thiophene rings is 1. The summed E-state index contributed by atoms with van der Waals surface area (Å²) in [6.45, 7) is 3.93. The lowest BCUT2D eigenvalue weighted by Gasteiger charge is -1.89. The first-order chi connectivity index (χ1) is 8.20. The van der Waals surface area contributed by atoms with Crippen molar-refractivity contribution < 1.29 is 9.05 Å². The van der Waals surface area contributed by atoms with Crippen molar-refractivity contribution in [3.05, 3.63) is 16.6 Å². The Bertz CT molecular complexity index is 680. The molecule has 3 rings (SSSR count). The molecule has 0 aliphatic heterocycles. The van der Waals surface area contributed by atoms with Crippen LogP contribution in [0.2, 0.25) is 0 Å². The highest BCUT2D eigenvalue weighted by molar-refractivity contribution is 7.20. The van der Waals surface area contributed by atoms with Crippen molar-refractivity contribution in [2.75, 3.05) is 5.73 Å². The lowest BCUT2D eigenvalue weighted by Crippen LogP contribution is -1.85. The molecule has 0 unspecified atom stereocenters. The topological polar surface area (TPSA) is 78.1 Å². The second-order valence-electron chi connectivity index (χ2n) is 3.81. The second kappa shape index (κ2) is 3.59. The lowest BCUT2D eigenvalue weighted by atomic mass is 10.2. The van der Waals surface area contributed by atoms with Crippen molar-refractivity contribution in [1.29, 1.82) is 0 Å². The zero-order valence-electron chi connectivity index (χ0n) is 9.48. The van der Waals surface area contributed by atoms with Crippen LogP contribution in [0.3, 0.4) is 0 Å². The predicted octanol–water partition coefficient (Wildman–Crippen LogP) is 3.00. The molecule has 0 radical (unpaired) electrons. The van der Waals surface area contributed by atoms with Crippen molar-refractivity contribution in [2.24, 2.45) is 0 Å². The van der Waals surface area contributed by atoms with E-state index in [2.05, 4.69) is 17.2 Å². The van der Waals surface area contributed by atoms with E-state index < -0.39 is 0 Å². The Morgan fingerprint density at radius 1 is 1.35 bits per heavy atom. The summed E-state index contributed by atoms with van der Waals surface area (Å²) in [5.41, 5.74) is 8.80. The summed E-state index contributed by atoms with van der Waals surface area (Å²) in [7, 11) is 0. The van der Waals surface area contributed by atoms with Crippen LogP contribution in [0.15, 0.2) is 15.1 Å². The summed E-state index contributed by atoms with van der Waals surface area (Å²) >= 11 is 1.59. The number of hydrogen-bond acceptors (Lipinski definition) is 6. The Morgan fingerprint density at radius 3 is 2.82 bits per heavy atom. The molecule has 5 nitrogen and oxygen atoms in total. The lowest BCUT2D eigenvalue weighted by molar-refractivity contribution is 0.416. The van der Waals surface area contributed by atoms with Crippen LogP contribution in [0.5, 0.6) is 0 Å². The van der Waals surface area contributed by atoms with Crippen LogP contribution in [0.25, 0.3) is 21.7 Å². The van der Waals surface area contributed by atoms with E-state index in [4.69, 9.17) is 14.8 Å². The van der Waals surface area contributed by atoms with Gasteiger partial charge in [0.05, 0.1) is 11.4 Å². The highest BCUT2D eigenvalue weighted by Gasteiger charge is 2.20. The third-order valence-corrected chi connectivity index (χ3v) is 3.94. The quantitative estimate of drug-likeness (QED) is 0.755. The summed E-state index contributed by atoms with van der Waals surface area (Å²) in [6, 6.07) is 1.83. The van der Waals surface area contributed by atoms with E-state index in [0.717, 1.165) is 21.7 Å². The summed E-state index contributed by atoms with van der Waals surface area (Å²) in [5, 5.41) is 7.84. The van der Waals surface area contributed by atoms with E-state index in [1.165, 1.54) is 0 Å². The van der Waals surface area contributed by atoms with Crippen molar-refractivity contribution in [2.45, 2.75) is 20.3 Å². The van der Waals surface area contributed by atoms with Gasteiger partial charge in [-0.25, -0.2) is 0 Å². The van der Waals surface area contributed by atoms with Crippen molar-refractivity contribution in [1.82, 2.24) is 10.3 Å². The normalized spacial score (nSPS) is 11.4. The van der Waals surface area contributed by atoms with Gasteiger partial charge in [-0.1, -0.05) is 17.2 Å². The average molecular weight is 249 g/mol. The molecule has 0 amide bonds. The Hall–Kier alpha value is -1.82. The van der Waals surface area contributed by atoms with Crippen LogP contribution in [0, 0.1) is 6.92 Å². The summed E-state index contributed by atoms with van der Waals surface area (Å²) in [4.78, 5) is 1.11. The number of nitrogen functional groups attached to an aromatic ring is 1. The molecule has 17 heavy (non-hydrogen) atoms. The molecule has 0 saturated heterocycles. The van der Waals surface area contributed by atoms with Gasteiger partial charge in [0.15, 0.2) is 11.5 Å². The highest BCUT2D eigenvalue weighted by Crippen LogP contribution is 2.39. The second-order valence-corrected chi connectivity index (χ2v) is 4.92. The van der Waals surface area contributed by atoms with Gasteiger partial charge in [0, 0.05) is 10.9 Å². The Kier molecular flexibility index (Phi) is 2.19. The molecule has 3 aromatic rings. The van der Waals surface area contributed by atoms with E-state index in [9.17, 15) is 0 Å². The van der Waals surface area contributed by atoms with Gasteiger partial charge in [0.2, 0.25) is 5.58 Å². The zero-order chi connectivity index (χ0) is 12.0. The molecule has 0 atom stereocenters. The van der Waals surface area contributed by atoms with E-state index in [-0.39, 0.29) is 0 Å². The van der Waals surface area contributed by atoms with Gasteiger partial charge in [-0.05, 0) is 13.3 Å². The number of hydrogen-bond donors (Lipinski definition) is 1. The van der Waals surface area contributed by atoms with Crippen LogP contribution in [-0.2, 0) is 6.42 Å². The fourth-order valence-corrected chi connectivity index (χ4v) is 2.82. The Morgan fingerprint density at radius 2 is 2.18 bits per heavy atom. The monoisotopic (exact) mass is 249 g/mol. The fourth-order valence-electron chi connectivity index (χ4n) is 1.75. The smallest absolute Gasteiger partial charge is 0.201 e. The molecule has 0 fully saturated rings. The number of fused-ring (bicyclic) bond motifs is 1. The maximum Gasteiger partial charge on any atom is 0.201 e. The van der Waals surface area contributed by atoms with Crippen LogP contribution < -0.4 is 5.73 Å². The number of aryl methyl sites for hydroxylation is 2. The van der Waals surface area contributed by atoms with Gasteiger partial charge in [-0.2, -0.15) is 0 Å². The highest BCUT2D eigenvalue weighted by atomic mass is 32.1. The van der Waals surface area contributed by atoms with E-state index in [0.29, 0.717) is 22.7 Å². The van der Waals surface area contributed by atoms with E-state index in [1.54, 1.807) is 11.3 Å². The molecule has 88 valence electrons. The zero-order valence-corrected chi connectivity index (χ0v) is 10.3. The minimum atomic E-state index is 0.616. The standard InChI is InChI=1S/C11H11N3O2S/c1-3-7-8(12)10-11(17-7)9(14-16-10)6-4-5(2)13-15-6/h4H,3,12H2,1-2H3. The summed E-state index contributed by atoms with van der Waals surface area (Å²) < 4.78 is 11.4. The van der Waals surface area contributed by atoms with Gasteiger partial charge in [0.25, 0.3) is 0 Å². The minimum absolute atomic E-state index is 0.616. The molecule has 0 aliphatic carbocycles. The molecule has 2 N–H and O–H groups in total. The third kappa shape index (κ3) is 1.44. The van der Waals surface area contributed by atoms with Gasteiger partial charge >= 0.3 is 0 Å². The molecule has 0 bridgehead atoms. The fraction of sp³-hybridized carbons (Fsp3) is 0.273.